The number of ether oxygens (including phenoxy) is 1. The van der Waals surface area contributed by atoms with Crippen molar-refractivity contribution >= 4 is 11.1 Å². The molecular formula is C21H18N2O3. The van der Waals surface area contributed by atoms with Crippen LogP contribution in [0.4, 0.5) is 0 Å². The summed E-state index contributed by atoms with van der Waals surface area (Å²) < 4.78 is 13.0. The van der Waals surface area contributed by atoms with Gasteiger partial charge in [-0.25, -0.2) is 4.68 Å². The summed E-state index contributed by atoms with van der Waals surface area (Å²) in [5, 5.41) is 5.04. The van der Waals surface area contributed by atoms with E-state index in [1.54, 1.807) is 11.8 Å². The Balaban J connectivity index is 1.81. The van der Waals surface area contributed by atoms with Gasteiger partial charge in [-0.2, -0.15) is 5.10 Å². The molecule has 0 saturated carbocycles. The Morgan fingerprint density at radius 3 is 2.50 bits per heavy atom. The van der Waals surface area contributed by atoms with Crippen molar-refractivity contribution in [2.45, 2.75) is 13.5 Å². The third-order valence-corrected chi connectivity index (χ3v) is 4.35. The first kappa shape index (κ1) is 16.1. The van der Waals surface area contributed by atoms with Crippen LogP contribution in [0.25, 0.3) is 22.4 Å². The summed E-state index contributed by atoms with van der Waals surface area (Å²) in [7, 11) is 1.64. The Hall–Kier alpha value is -3.34. The fourth-order valence-electron chi connectivity index (χ4n) is 3.03. The molecule has 0 bridgehead atoms. The molecule has 4 aromatic rings. The molecule has 2 aromatic carbocycles. The lowest BCUT2D eigenvalue weighted by atomic mass is 10.1. The smallest absolute Gasteiger partial charge is 0.229 e. The molecule has 4 rings (SSSR count). The summed E-state index contributed by atoms with van der Waals surface area (Å²) in [5.41, 5.74) is 2.99. The van der Waals surface area contributed by atoms with Crippen LogP contribution in [0, 0.1) is 6.92 Å². The van der Waals surface area contributed by atoms with Crippen LogP contribution in [0.15, 0.2) is 69.9 Å². The molecule has 0 aliphatic carbocycles. The molecule has 0 N–H and O–H groups in total. The molecule has 0 spiro atoms. The van der Waals surface area contributed by atoms with E-state index in [0.717, 1.165) is 16.9 Å². The van der Waals surface area contributed by atoms with Crippen LogP contribution in [-0.2, 0) is 6.54 Å². The van der Waals surface area contributed by atoms with Gasteiger partial charge in [0.2, 0.25) is 5.71 Å². The quantitative estimate of drug-likeness (QED) is 0.560. The van der Waals surface area contributed by atoms with Crippen LogP contribution in [-0.4, -0.2) is 16.9 Å². The van der Waals surface area contributed by atoms with Gasteiger partial charge in [0.15, 0.2) is 5.43 Å². The Kier molecular flexibility index (Phi) is 4.05. The van der Waals surface area contributed by atoms with Crippen LogP contribution in [0.3, 0.4) is 0 Å². The summed E-state index contributed by atoms with van der Waals surface area (Å²) in [6, 6.07) is 18.9. The molecule has 0 amide bonds. The van der Waals surface area contributed by atoms with Gasteiger partial charge in [-0.3, -0.25) is 4.79 Å². The van der Waals surface area contributed by atoms with Crippen LogP contribution >= 0.6 is 0 Å². The van der Waals surface area contributed by atoms with Crippen molar-refractivity contribution in [3.8, 4) is 17.1 Å². The maximum absolute atomic E-state index is 12.6. The number of hydrogen-bond acceptors (Lipinski definition) is 4. The molecule has 0 atom stereocenters. The normalized spacial score (nSPS) is 11.0. The molecule has 0 saturated heterocycles. The van der Waals surface area contributed by atoms with Gasteiger partial charge in [-0.1, -0.05) is 42.5 Å². The van der Waals surface area contributed by atoms with E-state index in [1.165, 1.54) is 6.07 Å². The first-order chi connectivity index (χ1) is 12.7. The zero-order valence-corrected chi connectivity index (χ0v) is 14.6. The summed E-state index contributed by atoms with van der Waals surface area (Å²) in [4.78, 5) is 12.6. The van der Waals surface area contributed by atoms with Crippen molar-refractivity contribution in [1.29, 1.82) is 0 Å². The highest BCUT2D eigenvalue weighted by Gasteiger charge is 2.16. The third kappa shape index (κ3) is 2.88. The number of methoxy groups -OCH3 is 1. The second kappa shape index (κ2) is 6.52. The molecule has 0 unspecified atom stereocenters. The predicted octanol–water partition coefficient (Wildman–Crippen LogP) is 4.02. The molecule has 0 aliphatic heterocycles. The molecule has 5 heteroatoms. The van der Waals surface area contributed by atoms with Crippen molar-refractivity contribution in [2.75, 3.05) is 7.11 Å². The fourth-order valence-corrected chi connectivity index (χ4v) is 3.03. The van der Waals surface area contributed by atoms with E-state index in [0.29, 0.717) is 29.1 Å². The number of aromatic nitrogens is 2. The van der Waals surface area contributed by atoms with Gasteiger partial charge in [0.05, 0.1) is 19.3 Å². The van der Waals surface area contributed by atoms with E-state index in [-0.39, 0.29) is 5.43 Å². The number of hydrogen-bond donors (Lipinski definition) is 0. The number of aryl methyl sites for hydroxylation is 1. The van der Waals surface area contributed by atoms with Crippen molar-refractivity contribution in [1.82, 2.24) is 9.78 Å². The van der Waals surface area contributed by atoms with Crippen LogP contribution in [0.1, 0.15) is 11.3 Å². The van der Waals surface area contributed by atoms with E-state index >= 15 is 0 Å². The minimum absolute atomic E-state index is 0.0800. The highest BCUT2D eigenvalue weighted by Crippen LogP contribution is 2.24. The van der Waals surface area contributed by atoms with Crippen LogP contribution in [0.5, 0.6) is 5.75 Å². The average Bonchev–Trinajstić information content (AvgIpc) is 2.99. The van der Waals surface area contributed by atoms with E-state index < -0.39 is 0 Å². The van der Waals surface area contributed by atoms with Crippen molar-refractivity contribution in [3.63, 3.8) is 0 Å². The van der Waals surface area contributed by atoms with Crippen LogP contribution < -0.4 is 10.2 Å². The van der Waals surface area contributed by atoms with Gasteiger partial charge in [0, 0.05) is 11.6 Å². The zero-order valence-electron chi connectivity index (χ0n) is 14.6. The lowest BCUT2D eigenvalue weighted by Crippen LogP contribution is -2.04. The predicted molar refractivity (Wildman–Crippen MR) is 101 cm³/mol. The second-order valence-electron chi connectivity index (χ2n) is 6.11. The first-order valence-corrected chi connectivity index (χ1v) is 8.35. The van der Waals surface area contributed by atoms with Crippen molar-refractivity contribution in [2.24, 2.45) is 0 Å². The highest BCUT2D eigenvalue weighted by molar-refractivity contribution is 5.78. The molecule has 130 valence electrons. The maximum atomic E-state index is 12.6. The topological polar surface area (TPSA) is 57.3 Å². The average molecular weight is 346 g/mol. The number of fused-ring (bicyclic) bond motifs is 1. The van der Waals surface area contributed by atoms with Gasteiger partial charge in [0.25, 0.3) is 0 Å². The molecule has 0 radical (unpaired) electrons. The summed E-state index contributed by atoms with van der Waals surface area (Å²) in [6.45, 7) is 2.33. The Labute approximate surface area is 150 Å². The fraction of sp³-hybridized carbons (Fsp3) is 0.143. The minimum atomic E-state index is -0.0800. The molecule has 0 fully saturated rings. The highest BCUT2D eigenvalue weighted by atomic mass is 16.5. The summed E-state index contributed by atoms with van der Waals surface area (Å²) >= 11 is 0. The monoisotopic (exact) mass is 346 g/mol. The summed E-state index contributed by atoms with van der Waals surface area (Å²) in [5.74, 6) is 1.34. The molecular weight excluding hydrogens is 328 g/mol. The molecule has 0 aliphatic rings. The number of benzene rings is 2. The van der Waals surface area contributed by atoms with E-state index in [2.05, 4.69) is 5.10 Å². The van der Waals surface area contributed by atoms with Gasteiger partial charge >= 0.3 is 0 Å². The first-order valence-electron chi connectivity index (χ1n) is 8.35. The van der Waals surface area contributed by atoms with E-state index in [1.807, 2.05) is 61.5 Å². The number of nitrogens with zero attached hydrogens (tertiary/aromatic N) is 2. The van der Waals surface area contributed by atoms with Crippen LogP contribution in [0.2, 0.25) is 0 Å². The van der Waals surface area contributed by atoms with E-state index in [9.17, 15) is 4.79 Å². The van der Waals surface area contributed by atoms with Gasteiger partial charge < -0.3 is 9.15 Å². The molecule has 2 heterocycles. The van der Waals surface area contributed by atoms with Gasteiger partial charge in [-0.15, -0.1) is 0 Å². The second-order valence-corrected chi connectivity index (χ2v) is 6.11. The standard InChI is InChI=1S/C21H18N2O3/c1-14-20-18(24)12-19(16-6-4-3-5-7-16)26-21(20)23(22-14)13-15-8-10-17(25-2)11-9-15/h3-12H,13H2,1-2H3. The Bertz CT molecular complexity index is 1110. The van der Waals surface area contributed by atoms with Crippen molar-refractivity contribution in [3.05, 3.63) is 82.1 Å². The summed E-state index contributed by atoms with van der Waals surface area (Å²) in [6.07, 6.45) is 0. The Morgan fingerprint density at radius 1 is 1.08 bits per heavy atom. The zero-order chi connectivity index (χ0) is 18.1. The van der Waals surface area contributed by atoms with E-state index in [4.69, 9.17) is 9.15 Å². The van der Waals surface area contributed by atoms with Crippen molar-refractivity contribution < 1.29 is 9.15 Å². The number of rotatable bonds is 4. The lowest BCUT2D eigenvalue weighted by Gasteiger charge is -2.06. The molecule has 26 heavy (non-hydrogen) atoms. The largest absolute Gasteiger partial charge is 0.497 e. The third-order valence-electron chi connectivity index (χ3n) is 4.35. The SMILES string of the molecule is COc1ccc(Cn2nc(C)c3c(=O)cc(-c4ccccc4)oc32)cc1. The van der Waals surface area contributed by atoms with Gasteiger partial charge in [0.1, 0.15) is 16.9 Å². The van der Waals surface area contributed by atoms with Gasteiger partial charge in [-0.05, 0) is 24.6 Å². The Morgan fingerprint density at radius 2 is 1.81 bits per heavy atom. The molecule has 5 nitrogen and oxygen atoms in total. The molecule has 2 aromatic heterocycles. The minimum Gasteiger partial charge on any atom is -0.497 e. The lowest BCUT2D eigenvalue weighted by molar-refractivity contribution is 0.414. The maximum Gasteiger partial charge on any atom is 0.229 e.